The maximum absolute atomic E-state index is 6.38. The van der Waals surface area contributed by atoms with Crippen molar-refractivity contribution in [1.29, 1.82) is 0 Å². The lowest BCUT2D eigenvalue weighted by molar-refractivity contribution is 0.0173. The van der Waals surface area contributed by atoms with Gasteiger partial charge in [-0.15, -0.1) is 0 Å². The summed E-state index contributed by atoms with van der Waals surface area (Å²) in [5.74, 6) is 0. The molecule has 0 spiro atoms. The van der Waals surface area contributed by atoms with Crippen molar-refractivity contribution in [2.45, 2.75) is 124 Å². The van der Waals surface area contributed by atoms with Gasteiger partial charge in [-0.2, -0.15) is 0 Å². The second kappa shape index (κ2) is 10.1. The second-order valence-corrected chi connectivity index (χ2v) is 12.0. The van der Waals surface area contributed by atoms with E-state index in [1.54, 1.807) is 0 Å². The van der Waals surface area contributed by atoms with Crippen LogP contribution in [0.5, 0.6) is 0 Å². The van der Waals surface area contributed by atoms with Gasteiger partial charge >= 0.3 is 8.56 Å². The lowest BCUT2D eigenvalue weighted by Gasteiger charge is -2.39. The lowest BCUT2D eigenvalue weighted by Crippen LogP contribution is -2.49. The summed E-state index contributed by atoms with van der Waals surface area (Å²) in [6.45, 7) is 17.3. The van der Waals surface area contributed by atoms with Crippen LogP contribution in [0.3, 0.4) is 0 Å². The normalized spacial score (nSPS) is 13.6. The molecule has 0 N–H and O–H groups in total. The molecule has 0 aliphatic carbocycles. The van der Waals surface area contributed by atoms with Gasteiger partial charge in [0.1, 0.15) is 0 Å². The minimum Gasteiger partial charge on any atom is -0.389 e. The molecule has 0 amide bonds. The average molecular weight is 331 g/mol. The lowest BCUT2D eigenvalue weighted by atomic mass is 10.1. The molecule has 0 saturated heterocycles. The molecule has 0 aliphatic rings. The number of hydrogen-bond acceptors (Lipinski definition) is 2. The summed E-state index contributed by atoms with van der Waals surface area (Å²) < 4.78 is 12.8. The molecule has 22 heavy (non-hydrogen) atoms. The van der Waals surface area contributed by atoms with Crippen LogP contribution < -0.4 is 0 Å². The van der Waals surface area contributed by atoms with E-state index in [9.17, 15) is 0 Å². The highest BCUT2D eigenvalue weighted by molar-refractivity contribution is 6.66. The molecular formula is C19H42O2Si. The molecule has 3 heteroatoms. The van der Waals surface area contributed by atoms with Gasteiger partial charge in [-0.25, -0.2) is 0 Å². The van der Waals surface area contributed by atoms with E-state index >= 15 is 0 Å². The van der Waals surface area contributed by atoms with Gasteiger partial charge < -0.3 is 8.85 Å². The molecule has 0 fully saturated rings. The number of rotatable bonds is 11. The van der Waals surface area contributed by atoms with Crippen LogP contribution in [0.4, 0.5) is 0 Å². The van der Waals surface area contributed by atoms with Gasteiger partial charge in [0.2, 0.25) is 0 Å². The van der Waals surface area contributed by atoms with Crippen molar-refractivity contribution in [1.82, 2.24) is 0 Å². The highest BCUT2D eigenvalue weighted by atomic mass is 28.4. The summed E-state index contributed by atoms with van der Waals surface area (Å²) >= 11 is 0. The molecule has 0 saturated carbocycles. The van der Waals surface area contributed by atoms with Crippen LogP contribution in [0, 0.1) is 0 Å². The quantitative estimate of drug-likeness (QED) is 0.305. The van der Waals surface area contributed by atoms with E-state index in [0.717, 1.165) is 6.04 Å². The van der Waals surface area contributed by atoms with Crippen LogP contribution in [-0.2, 0) is 8.85 Å². The summed E-state index contributed by atoms with van der Waals surface area (Å²) in [7, 11) is -2.10. The third-order valence-electron chi connectivity index (χ3n) is 3.53. The van der Waals surface area contributed by atoms with Crippen LogP contribution in [0.2, 0.25) is 12.6 Å². The molecular weight excluding hydrogens is 288 g/mol. The predicted molar refractivity (Wildman–Crippen MR) is 101 cm³/mol. The Bertz CT molecular complexity index is 260. The van der Waals surface area contributed by atoms with Crippen LogP contribution in [0.15, 0.2) is 0 Å². The van der Waals surface area contributed by atoms with Gasteiger partial charge in [-0.05, 0) is 54.1 Å². The molecule has 0 bridgehead atoms. The minimum absolute atomic E-state index is 0.119. The third-order valence-corrected chi connectivity index (χ3v) is 6.88. The Balaban J connectivity index is 4.14. The first-order valence-electron chi connectivity index (χ1n) is 9.38. The van der Waals surface area contributed by atoms with E-state index < -0.39 is 8.56 Å². The van der Waals surface area contributed by atoms with E-state index in [1.165, 1.54) is 51.4 Å². The standard InChI is InChI=1S/C19H42O2Si/c1-9-10-11-12-13-14-15-16-17-22(8,20-18(2,3)4)21-19(5,6)7/h9-17H2,1-8H3. The summed E-state index contributed by atoms with van der Waals surface area (Å²) in [5, 5.41) is 0. The van der Waals surface area contributed by atoms with Crippen LogP contribution >= 0.6 is 0 Å². The number of hydrogen-bond donors (Lipinski definition) is 0. The minimum atomic E-state index is -2.10. The Morgan fingerprint density at radius 2 is 1.00 bits per heavy atom. The van der Waals surface area contributed by atoms with Crippen molar-refractivity contribution in [3.05, 3.63) is 0 Å². The Kier molecular flexibility index (Phi) is 10.2. The molecule has 0 aromatic heterocycles. The molecule has 0 atom stereocenters. The van der Waals surface area contributed by atoms with Crippen molar-refractivity contribution in [2.75, 3.05) is 0 Å². The fraction of sp³-hybridized carbons (Fsp3) is 1.00. The van der Waals surface area contributed by atoms with E-state index in [1.807, 2.05) is 0 Å². The fourth-order valence-electron chi connectivity index (χ4n) is 3.00. The summed E-state index contributed by atoms with van der Waals surface area (Å²) in [6.07, 6.45) is 10.8. The highest BCUT2D eigenvalue weighted by Gasteiger charge is 2.38. The first kappa shape index (κ1) is 22.1. The van der Waals surface area contributed by atoms with Crippen LogP contribution in [0.1, 0.15) is 99.8 Å². The molecule has 2 nitrogen and oxygen atoms in total. The van der Waals surface area contributed by atoms with Gasteiger partial charge in [0, 0.05) is 0 Å². The van der Waals surface area contributed by atoms with Crippen molar-refractivity contribution < 1.29 is 8.85 Å². The third kappa shape index (κ3) is 13.8. The van der Waals surface area contributed by atoms with Crippen LogP contribution in [0.25, 0.3) is 0 Å². The van der Waals surface area contributed by atoms with Gasteiger partial charge in [0.05, 0.1) is 11.2 Å². The predicted octanol–water partition coefficient (Wildman–Crippen LogP) is 6.83. The molecule has 0 rings (SSSR count). The molecule has 0 aromatic rings. The van der Waals surface area contributed by atoms with E-state index in [4.69, 9.17) is 8.85 Å². The Morgan fingerprint density at radius 3 is 1.36 bits per heavy atom. The van der Waals surface area contributed by atoms with Crippen LogP contribution in [-0.4, -0.2) is 19.8 Å². The average Bonchev–Trinajstić information content (AvgIpc) is 2.27. The van der Waals surface area contributed by atoms with E-state index in [2.05, 4.69) is 55.0 Å². The number of unbranched alkanes of at least 4 members (excludes halogenated alkanes) is 7. The smallest absolute Gasteiger partial charge is 0.335 e. The van der Waals surface area contributed by atoms with Crippen molar-refractivity contribution in [3.63, 3.8) is 0 Å². The largest absolute Gasteiger partial charge is 0.389 e. The van der Waals surface area contributed by atoms with Gasteiger partial charge in [-0.1, -0.05) is 58.3 Å². The van der Waals surface area contributed by atoms with Gasteiger partial charge in [0.15, 0.2) is 0 Å². The zero-order valence-electron chi connectivity index (χ0n) is 16.7. The maximum Gasteiger partial charge on any atom is 0.335 e. The van der Waals surface area contributed by atoms with Gasteiger partial charge in [0.25, 0.3) is 0 Å². The first-order valence-corrected chi connectivity index (χ1v) is 11.9. The highest BCUT2D eigenvalue weighted by Crippen LogP contribution is 2.28. The molecule has 134 valence electrons. The molecule has 0 unspecified atom stereocenters. The zero-order valence-corrected chi connectivity index (χ0v) is 17.7. The van der Waals surface area contributed by atoms with E-state index in [0.29, 0.717) is 0 Å². The van der Waals surface area contributed by atoms with Crippen molar-refractivity contribution in [3.8, 4) is 0 Å². The summed E-state index contributed by atoms with van der Waals surface area (Å²) in [6, 6.07) is 1.11. The second-order valence-electron chi connectivity index (χ2n) is 8.79. The molecule has 0 aliphatic heterocycles. The Hall–Kier alpha value is 0.137. The Morgan fingerprint density at radius 1 is 0.636 bits per heavy atom. The fourth-order valence-corrected chi connectivity index (χ4v) is 6.73. The van der Waals surface area contributed by atoms with Crippen molar-refractivity contribution in [2.24, 2.45) is 0 Å². The Labute approximate surface area is 141 Å². The molecule has 0 heterocycles. The maximum atomic E-state index is 6.38. The topological polar surface area (TPSA) is 18.5 Å². The summed E-state index contributed by atoms with van der Waals surface area (Å²) in [4.78, 5) is 0. The monoisotopic (exact) mass is 330 g/mol. The van der Waals surface area contributed by atoms with Gasteiger partial charge in [-0.3, -0.25) is 0 Å². The van der Waals surface area contributed by atoms with E-state index in [-0.39, 0.29) is 11.2 Å². The summed E-state index contributed by atoms with van der Waals surface area (Å²) in [5.41, 5.74) is -0.237. The SMILES string of the molecule is CCCCCCCCCC[Si](C)(OC(C)(C)C)OC(C)(C)C. The molecule has 0 aromatic carbocycles. The zero-order chi connectivity index (χ0) is 17.3. The first-order chi connectivity index (χ1) is 9.97. The molecule has 0 radical (unpaired) electrons. The van der Waals surface area contributed by atoms with Crippen molar-refractivity contribution >= 4 is 8.56 Å².